The van der Waals surface area contributed by atoms with Crippen LogP contribution in [0.1, 0.15) is 29.7 Å². The third-order valence-electron chi connectivity index (χ3n) is 5.11. The first-order chi connectivity index (χ1) is 15.9. The molecule has 0 aliphatic heterocycles. The number of hydrogen-bond donors (Lipinski definition) is 1. The number of carbonyl (C=O) groups excluding carboxylic acids is 1. The lowest BCUT2D eigenvalue weighted by Crippen LogP contribution is -2.41. The molecule has 3 aromatic rings. The molecule has 3 aromatic carbocycles. The number of hydrogen-bond acceptors (Lipinski definition) is 3. The maximum atomic E-state index is 13.4. The summed E-state index contributed by atoms with van der Waals surface area (Å²) < 4.78 is 80.3. The topological polar surface area (TPSA) is 66.5 Å². The minimum absolute atomic E-state index is 0.171. The molecule has 5 nitrogen and oxygen atoms in total. The van der Waals surface area contributed by atoms with Crippen molar-refractivity contribution in [2.45, 2.75) is 31.0 Å². The van der Waals surface area contributed by atoms with Gasteiger partial charge in [0.1, 0.15) is 12.4 Å². The number of nitrogens with zero attached hydrogens (tertiary/aromatic N) is 1. The minimum Gasteiger partial charge on any atom is -0.348 e. The van der Waals surface area contributed by atoms with Crippen molar-refractivity contribution in [3.05, 3.63) is 95.3 Å². The number of nitrogens with one attached hydrogen (secondary N) is 1. The van der Waals surface area contributed by atoms with Crippen molar-refractivity contribution in [1.29, 1.82) is 0 Å². The standard InChI is InChI=1S/C24H22F4N2O3S/c1-16-6-12-22(13-7-16)34(32,33)30(21-5-3-4-19(14-21)24(26,27)28)15-23(31)29-17(2)18-8-10-20(25)11-9-18/h3-14,17H,15H2,1-2H3,(H,29,31). The van der Waals surface area contributed by atoms with E-state index in [0.29, 0.717) is 15.9 Å². The smallest absolute Gasteiger partial charge is 0.348 e. The van der Waals surface area contributed by atoms with Crippen molar-refractivity contribution in [2.75, 3.05) is 10.8 Å². The number of alkyl halides is 3. The van der Waals surface area contributed by atoms with Crippen LogP contribution in [0.5, 0.6) is 0 Å². The van der Waals surface area contributed by atoms with Crippen molar-refractivity contribution < 1.29 is 30.8 Å². The largest absolute Gasteiger partial charge is 0.416 e. The Bertz CT molecular complexity index is 1260. The predicted molar refractivity (Wildman–Crippen MR) is 120 cm³/mol. The van der Waals surface area contributed by atoms with E-state index < -0.39 is 46.1 Å². The van der Waals surface area contributed by atoms with Gasteiger partial charge in [-0.1, -0.05) is 35.9 Å². The Balaban J connectivity index is 1.95. The van der Waals surface area contributed by atoms with Crippen LogP contribution in [-0.4, -0.2) is 20.9 Å². The molecule has 0 radical (unpaired) electrons. The molecule has 0 aliphatic rings. The van der Waals surface area contributed by atoms with Crippen LogP contribution in [0.2, 0.25) is 0 Å². The third kappa shape index (κ3) is 5.93. The first kappa shape index (κ1) is 25.2. The van der Waals surface area contributed by atoms with Gasteiger partial charge in [-0.3, -0.25) is 9.10 Å². The summed E-state index contributed by atoms with van der Waals surface area (Å²) in [4.78, 5) is 12.6. The van der Waals surface area contributed by atoms with Gasteiger partial charge >= 0.3 is 6.18 Å². The van der Waals surface area contributed by atoms with Crippen molar-refractivity contribution in [3.63, 3.8) is 0 Å². The molecule has 1 unspecified atom stereocenters. The van der Waals surface area contributed by atoms with Gasteiger partial charge in [0.25, 0.3) is 10.0 Å². The van der Waals surface area contributed by atoms with E-state index in [1.807, 2.05) is 0 Å². The Morgan fingerprint density at radius 3 is 2.21 bits per heavy atom. The van der Waals surface area contributed by atoms with Crippen LogP contribution in [-0.2, 0) is 21.0 Å². The quantitative estimate of drug-likeness (QED) is 0.458. The fourth-order valence-electron chi connectivity index (χ4n) is 3.24. The highest BCUT2D eigenvalue weighted by Crippen LogP contribution is 2.33. The number of carbonyl (C=O) groups is 1. The molecule has 0 fully saturated rings. The maximum Gasteiger partial charge on any atom is 0.416 e. The third-order valence-corrected chi connectivity index (χ3v) is 6.89. The highest BCUT2D eigenvalue weighted by Gasteiger charge is 2.33. The summed E-state index contributed by atoms with van der Waals surface area (Å²) in [6.45, 7) is 2.61. The van der Waals surface area contributed by atoms with Crippen molar-refractivity contribution in [3.8, 4) is 0 Å². The highest BCUT2D eigenvalue weighted by molar-refractivity contribution is 7.92. The molecule has 0 saturated heterocycles. The number of aryl methyl sites for hydroxylation is 1. The fourth-order valence-corrected chi connectivity index (χ4v) is 4.66. The molecule has 0 aromatic heterocycles. The maximum absolute atomic E-state index is 13.4. The van der Waals surface area contributed by atoms with E-state index in [4.69, 9.17) is 0 Å². The summed E-state index contributed by atoms with van der Waals surface area (Å²) in [6.07, 6.45) is -4.70. The van der Waals surface area contributed by atoms with Gasteiger partial charge in [-0.15, -0.1) is 0 Å². The van der Waals surface area contributed by atoms with E-state index in [1.54, 1.807) is 26.0 Å². The SMILES string of the molecule is Cc1ccc(S(=O)(=O)N(CC(=O)NC(C)c2ccc(F)cc2)c2cccc(C(F)(F)F)c2)cc1. The Morgan fingerprint density at radius 1 is 1.00 bits per heavy atom. The summed E-state index contributed by atoms with van der Waals surface area (Å²) in [5.74, 6) is -1.20. The minimum atomic E-state index is -4.70. The average molecular weight is 495 g/mol. The Morgan fingerprint density at radius 2 is 1.62 bits per heavy atom. The van der Waals surface area contributed by atoms with Gasteiger partial charge in [0.05, 0.1) is 22.2 Å². The lowest BCUT2D eigenvalue weighted by molar-refractivity contribution is -0.137. The van der Waals surface area contributed by atoms with E-state index in [-0.39, 0.29) is 10.6 Å². The van der Waals surface area contributed by atoms with Gasteiger partial charge < -0.3 is 5.32 Å². The molecule has 1 N–H and O–H groups in total. The summed E-state index contributed by atoms with van der Waals surface area (Å²) in [5.41, 5.74) is 0.00590. The van der Waals surface area contributed by atoms with E-state index in [1.165, 1.54) is 42.5 Å². The van der Waals surface area contributed by atoms with Gasteiger partial charge in [0.2, 0.25) is 5.91 Å². The summed E-state index contributed by atoms with van der Waals surface area (Å²) >= 11 is 0. The fraction of sp³-hybridized carbons (Fsp3) is 0.208. The number of halogens is 4. The average Bonchev–Trinajstić information content (AvgIpc) is 2.77. The van der Waals surface area contributed by atoms with E-state index in [9.17, 15) is 30.8 Å². The molecule has 1 atom stereocenters. The Labute approximate surface area is 195 Å². The first-order valence-corrected chi connectivity index (χ1v) is 11.6. The first-order valence-electron chi connectivity index (χ1n) is 10.2. The number of anilines is 1. The van der Waals surface area contributed by atoms with E-state index in [0.717, 1.165) is 17.7 Å². The summed E-state index contributed by atoms with van der Waals surface area (Å²) in [5, 5.41) is 2.60. The van der Waals surface area contributed by atoms with E-state index >= 15 is 0 Å². The number of rotatable bonds is 7. The lowest BCUT2D eigenvalue weighted by Gasteiger charge is -2.26. The normalized spacial score (nSPS) is 12.8. The molecule has 180 valence electrons. The molecule has 0 bridgehead atoms. The van der Waals surface area contributed by atoms with Crippen molar-refractivity contribution in [2.24, 2.45) is 0 Å². The van der Waals surface area contributed by atoms with E-state index in [2.05, 4.69) is 5.32 Å². The lowest BCUT2D eigenvalue weighted by atomic mass is 10.1. The van der Waals surface area contributed by atoms with Gasteiger partial charge in [-0.2, -0.15) is 13.2 Å². The van der Waals surface area contributed by atoms with Crippen molar-refractivity contribution >= 4 is 21.6 Å². The van der Waals surface area contributed by atoms with Crippen LogP contribution in [0.15, 0.2) is 77.7 Å². The summed E-state index contributed by atoms with van der Waals surface area (Å²) in [6, 6.07) is 14.3. The molecule has 10 heteroatoms. The Kier molecular flexibility index (Phi) is 7.30. The van der Waals surface area contributed by atoms with Gasteiger partial charge in [-0.25, -0.2) is 12.8 Å². The second-order valence-corrected chi connectivity index (χ2v) is 9.58. The molecule has 0 aliphatic carbocycles. The second-order valence-electron chi connectivity index (χ2n) is 7.71. The monoisotopic (exact) mass is 494 g/mol. The predicted octanol–water partition coefficient (Wildman–Crippen LogP) is 5.23. The second kappa shape index (κ2) is 9.84. The zero-order valence-electron chi connectivity index (χ0n) is 18.3. The van der Waals surface area contributed by atoms with Crippen LogP contribution < -0.4 is 9.62 Å². The van der Waals surface area contributed by atoms with Crippen LogP contribution in [0.4, 0.5) is 23.2 Å². The zero-order valence-corrected chi connectivity index (χ0v) is 19.1. The van der Waals surface area contributed by atoms with Gasteiger partial charge in [0.15, 0.2) is 0 Å². The molecule has 34 heavy (non-hydrogen) atoms. The van der Waals surface area contributed by atoms with Crippen molar-refractivity contribution in [1.82, 2.24) is 5.32 Å². The van der Waals surface area contributed by atoms with Crippen LogP contribution in [0.3, 0.4) is 0 Å². The van der Waals surface area contributed by atoms with Crippen LogP contribution in [0, 0.1) is 12.7 Å². The number of benzene rings is 3. The zero-order chi connectivity index (χ0) is 25.1. The molecule has 3 rings (SSSR count). The molecule has 1 amide bonds. The highest BCUT2D eigenvalue weighted by atomic mass is 32.2. The molecule has 0 spiro atoms. The Hall–Kier alpha value is -3.40. The number of amides is 1. The van der Waals surface area contributed by atoms with Crippen LogP contribution in [0.25, 0.3) is 0 Å². The molecule has 0 heterocycles. The molecular formula is C24H22F4N2O3S. The molecule has 0 saturated carbocycles. The summed E-state index contributed by atoms with van der Waals surface area (Å²) in [7, 11) is -4.38. The van der Waals surface area contributed by atoms with Gasteiger partial charge in [-0.05, 0) is 61.9 Å². The van der Waals surface area contributed by atoms with Gasteiger partial charge in [0, 0.05) is 0 Å². The van der Waals surface area contributed by atoms with Crippen LogP contribution >= 0.6 is 0 Å². The number of sulfonamides is 1. The molecular weight excluding hydrogens is 472 g/mol.